The second kappa shape index (κ2) is 9.77. The van der Waals surface area contributed by atoms with Crippen LogP contribution in [0.25, 0.3) is 0 Å². The topological polar surface area (TPSA) is 68.8 Å². The summed E-state index contributed by atoms with van der Waals surface area (Å²) in [5.74, 6) is 1.73. The quantitative estimate of drug-likeness (QED) is 0.701. The summed E-state index contributed by atoms with van der Waals surface area (Å²) in [7, 11) is 4.70. The van der Waals surface area contributed by atoms with E-state index in [4.69, 9.17) is 25.8 Å². The van der Waals surface area contributed by atoms with E-state index in [0.29, 0.717) is 35.2 Å². The predicted molar refractivity (Wildman–Crippen MR) is 103 cm³/mol. The highest BCUT2D eigenvalue weighted by Gasteiger charge is 2.11. The van der Waals surface area contributed by atoms with Gasteiger partial charge in [0, 0.05) is 18.7 Å². The Kier molecular flexibility index (Phi) is 7.41. The number of methoxy groups -OCH3 is 3. The molecular weight excluding hydrogens is 356 g/mol. The van der Waals surface area contributed by atoms with Crippen molar-refractivity contribution in [3.8, 4) is 17.2 Å². The molecule has 2 rings (SSSR count). The molecule has 6 nitrogen and oxygen atoms in total. The van der Waals surface area contributed by atoms with Crippen LogP contribution in [0, 0.1) is 0 Å². The molecule has 140 valence electrons. The summed E-state index contributed by atoms with van der Waals surface area (Å²) in [6, 6.07) is 11.1. The Morgan fingerprint density at radius 3 is 2.38 bits per heavy atom. The highest BCUT2D eigenvalue weighted by atomic mass is 35.5. The zero-order valence-electron chi connectivity index (χ0n) is 15.1. The number of para-hydroxylation sites is 1. The molecule has 26 heavy (non-hydrogen) atoms. The molecule has 0 heterocycles. The summed E-state index contributed by atoms with van der Waals surface area (Å²) in [5.41, 5.74) is 1.68. The molecule has 0 fully saturated rings. The number of amides is 1. The minimum atomic E-state index is -0.129. The Morgan fingerprint density at radius 1 is 1.00 bits per heavy atom. The zero-order chi connectivity index (χ0) is 18.9. The summed E-state index contributed by atoms with van der Waals surface area (Å²) in [5, 5.41) is 6.35. The third kappa shape index (κ3) is 5.20. The van der Waals surface area contributed by atoms with Crippen LogP contribution < -0.4 is 24.8 Å². The number of halogens is 1. The number of anilines is 1. The smallest absolute Gasteiger partial charge is 0.239 e. The van der Waals surface area contributed by atoms with Crippen molar-refractivity contribution in [2.24, 2.45) is 0 Å². The van der Waals surface area contributed by atoms with Crippen molar-refractivity contribution < 1.29 is 19.0 Å². The van der Waals surface area contributed by atoms with Gasteiger partial charge in [-0.3, -0.25) is 4.79 Å². The van der Waals surface area contributed by atoms with Gasteiger partial charge in [0.1, 0.15) is 17.2 Å². The standard InChI is InChI=1S/C19H23ClN2O4/c1-24-16-7-5-4-6-13(16)8-9-21-19(23)12-22-15-11-17(25-2)14(20)10-18(15)26-3/h4-7,10-11,22H,8-9,12H2,1-3H3,(H,21,23). The first-order valence-electron chi connectivity index (χ1n) is 8.13. The Morgan fingerprint density at radius 2 is 1.69 bits per heavy atom. The Hall–Kier alpha value is -2.60. The molecule has 0 aromatic heterocycles. The minimum Gasteiger partial charge on any atom is -0.496 e. The minimum absolute atomic E-state index is 0.104. The van der Waals surface area contributed by atoms with Crippen LogP contribution in [0.5, 0.6) is 17.2 Å². The maximum Gasteiger partial charge on any atom is 0.239 e. The average molecular weight is 379 g/mol. The highest BCUT2D eigenvalue weighted by molar-refractivity contribution is 6.32. The predicted octanol–water partition coefficient (Wildman–Crippen LogP) is 3.14. The van der Waals surface area contributed by atoms with Gasteiger partial charge in [0.15, 0.2) is 0 Å². The molecule has 0 unspecified atom stereocenters. The van der Waals surface area contributed by atoms with Crippen molar-refractivity contribution >= 4 is 23.2 Å². The second-order valence-corrected chi connectivity index (χ2v) is 5.86. The van der Waals surface area contributed by atoms with E-state index in [9.17, 15) is 4.79 Å². The number of hydrogen-bond acceptors (Lipinski definition) is 5. The molecule has 0 atom stereocenters. The fraction of sp³-hybridized carbons (Fsp3) is 0.316. The van der Waals surface area contributed by atoms with Crippen LogP contribution >= 0.6 is 11.6 Å². The van der Waals surface area contributed by atoms with Gasteiger partial charge in [0.2, 0.25) is 5.91 Å². The summed E-state index contributed by atoms with van der Waals surface area (Å²) in [6.45, 7) is 0.620. The third-order valence-corrected chi connectivity index (χ3v) is 4.12. The summed E-state index contributed by atoms with van der Waals surface area (Å²) >= 11 is 6.07. The van der Waals surface area contributed by atoms with Crippen LogP contribution in [-0.2, 0) is 11.2 Å². The molecule has 0 spiro atoms. The first-order valence-corrected chi connectivity index (χ1v) is 8.50. The molecule has 2 aromatic carbocycles. The van der Waals surface area contributed by atoms with Crippen molar-refractivity contribution in [3.63, 3.8) is 0 Å². The van der Waals surface area contributed by atoms with Gasteiger partial charge in [-0.05, 0) is 18.1 Å². The van der Waals surface area contributed by atoms with Gasteiger partial charge < -0.3 is 24.8 Å². The molecular formula is C19H23ClN2O4. The first kappa shape index (κ1) is 19.7. The van der Waals surface area contributed by atoms with Crippen molar-refractivity contribution in [1.29, 1.82) is 0 Å². The normalized spacial score (nSPS) is 10.2. The molecule has 0 aliphatic heterocycles. The fourth-order valence-corrected chi connectivity index (χ4v) is 2.71. The van der Waals surface area contributed by atoms with Crippen LogP contribution in [0.3, 0.4) is 0 Å². The lowest BCUT2D eigenvalue weighted by atomic mass is 10.1. The van der Waals surface area contributed by atoms with Crippen molar-refractivity contribution in [3.05, 3.63) is 47.0 Å². The van der Waals surface area contributed by atoms with Gasteiger partial charge in [-0.25, -0.2) is 0 Å². The molecule has 0 bridgehead atoms. The van der Waals surface area contributed by atoms with E-state index < -0.39 is 0 Å². The molecule has 0 saturated carbocycles. The number of carbonyl (C=O) groups excluding carboxylic acids is 1. The van der Waals surface area contributed by atoms with Crippen LogP contribution in [0.1, 0.15) is 5.56 Å². The largest absolute Gasteiger partial charge is 0.496 e. The first-order chi connectivity index (χ1) is 12.6. The molecule has 7 heteroatoms. The number of ether oxygens (including phenoxy) is 3. The van der Waals surface area contributed by atoms with E-state index in [2.05, 4.69) is 10.6 Å². The molecule has 0 saturated heterocycles. The molecule has 2 N–H and O–H groups in total. The number of benzene rings is 2. The fourth-order valence-electron chi connectivity index (χ4n) is 2.48. The third-order valence-electron chi connectivity index (χ3n) is 3.82. The maximum absolute atomic E-state index is 12.1. The van der Waals surface area contributed by atoms with Crippen LogP contribution in [0.2, 0.25) is 5.02 Å². The van der Waals surface area contributed by atoms with Gasteiger partial charge in [0.25, 0.3) is 0 Å². The average Bonchev–Trinajstić information content (AvgIpc) is 2.67. The van der Waals surface area contributed by atoms with E-state index in [0.717, 1.165) is 11.3 Å². The molecule has 0 radical (unpaired) electrons. The number of nitrogens with one attached hydrogen (secondary N) is 2. The van der Waals surface area contributed by atoms with Gasteiger partial charge in [-0.15, -0.1) is 0 Å². The summed E-state index contributed by atoms with van der Waals surface area (Å²) in [4.78, 5) is 12.1. The molecule has 0 aliphatic carbocycles. The number of rotatable bonds is 9. The molecule has 1 amide bonds. The lowest BCUT2D eigenvalue weighted by Crippen LogP contribution is -2.31. The SMILES string of the molecule is COc1cc(NCC(=O)NCCc2ccccc2OC)c(OC)cc1Cl. The Labute approximate surface area is 158 Å². The highest BCUT2D eigenvalue weighted by Crippen LogP contribution is 2.35. The van der Waals surface area contributed by atoms with Crippen LogP contribution in [0.15, 0.2) is 36.4 Å². The van der Waals surface area contributed by atoms with Gasteiger partial charge in [-0.1, -0.05) is 29.8 Å². The van der Waals surface area contributed by atoms with E-state index in [1.54, 1.807) is 19.2 Å². The number of hydrogen-bond donors (Lipinski definition) is 2. The monoisotopic (exact) mass is 378 g/mol. The van der Waals surface area contributed by atoms with Gasteiger partial charge in [0.05, 0.1) is 38.6 Å². The van der Waals surface area contributed by atoms with Crippen LogP contribution in [-0.4, -0.2) is 40.3 Å². The summed E-state index contributed by atoms with van der Waals surface area (Å²) in [6.07, 6.45) is 0.688. The van der Waals surface area contributed by atoms with E-state index in [1.807, 2.05) is 24.3 Å². The lowest BCUT2D eigenvalue weighted by molar-refractivity contribution is -0.119. The Balaban J connectivity index is 1.87. The summed E-state index contributed by atoms with van der Waals surface area (Å²) < 4.78 is 15.8. The van der Waals surface area contributed by atoms with Crippen molar-refractivity contribution in [2.75, 3.05) is 39.7 Å². The Bertz CT molecular complexity index is 752. The van der Waals surface area contributed by atoms with Crippen molar-refractivity contribution in [1.82, 2.24) is 5.32 Å². The maximum atomic E-state index is 12.1. The van der Waals surface area contributed by atoms with Gasteiger partial charge >= 0.3 is 0 Å². The van der Waals surface area contributed by atoms with E-state index >= 15 is 0 Å². The zero-order valence-corrected chi connectivity index (χ0v) is 15.9. The lowest BCUT2D eigenvalue weighted by Gasteiger charge is -2.14. The van der Waals surface area contributed by atoms with Crippen molar-refractivity contribution in [2.45, 2.75) is 6.42 Å². The molecule has 0 aliphatic rings. The van der Waals surface area contributed by atoms with E-state index in [1.165, 1.54) is 14.2 Å². The molecule has 2 aromatic rings. The van der Waals surface area contributed by atoms with Crippen LogP contribution in [0.4, 0.5) is 5.69 Å². The second-order valence-electron chi connectivity index (χ2n) is 5.45. The van der Waals surface area contributed by atoms with E-state index in [-0.39, 0.29) is 12.5 Å². The van der Waals surface area contributed by atoms with Gasteiger partial charge in [-0.2, -0.15) is 0 Å². The number of carbonyl (C=O) groups is 1.